The van der Waals surface area contributed by atoms with E-state index in [-0.39, 0.29) is 17.5 Å². The first-order valence-corrected chi connectivity index (χ1v) is 10.1. The summed E-state index contributed by atoms with van der Waals surface area (Å²) in [6.07, 6.45) is 0. The highest BCUT2D eigenvalue weighted by molar-refractivity contribution is 8.00. The molecule has 3 aromatic heterocycles. The zero-order chi connectivity index (χ0) is 19.7. The molecule has 0 spiro atoms. The maximum absolute atomic E-state index is 13.2. The van der Waals surface area contributed by atoms with Crippen LogP contribution in [-0.4, -0.2) is 32.0 Å². The molecule has 1 N–H and O–H groups in total. The first-order valence-electron chi connectivity index (χ1n) is 8.25. The molecule has 1 aromatic carbocycles. The van der Waals surface area contributed by atoms with Crippen LogP contribution in [0, 0.1) is 19.7 Å². The highest BCUT2D eigenvalue weighted by Crippen LogP contribution is 2.35. The Hall–Kier alpha value is -2.85. The summed E-state index contributed by atoms with van der Waals surface area (Å²) in [7, 11) is 0. The largest absolute Gasteiger partial charge is 0.360 e. The van der Waals surface area contributed by atoms with E-state index in [1.165, 1.54) is 35.2 Å². The highest BCUT2D eigenvalue weighted by atomic mass is 32.2. The van der Waals surface area contributed by atoms with E-state index in [9.17, 15) is 9.18 Å². The molecule has 3 heterocycles. The normalized spacial score (nSPS) is 11.1. The second kappa shape index (κ2) is 7.64. The Morgan fingerprint density at radius 2 is 2.04 bits per heavy atom. The maximum atomic E-state index is 13.2. The molecule has 0 aliphatic carbocycles. The van der Waals surface area contributed by atoms with E-state index >= 15 is 0 Å². The van der Waals surface area contributed by atoms with Crippen LogP contribution in [0.2, 0.25) is 0 Å². The second-order valence-corrected chi connectivity index (χ2v) is 8.10. The van der Waals surface area contributed by atoms with Crippen LogP contribution in [0.4, 0.5) is 10.2 Å². The Bertz CT molecular complexity index is 1160. The molecule has 0 unspecified atom stereocenters. The Labute approximate surface area is 167 Å². The molecule has 10 heteroatoms. The van der Waals surface area contributed by atoms with Gasteiger partial charge in [0.1, 0.15) is 27.8 Å². The molecule has 1 amide bonds. The summed E-state index contributed by atoms with van der Waals surface area (Å²) in [5, 5.41) is 16.4. The lowest BCUT2D eigenvalue weighted by molar-refractivity contribution is -0.113. The van der Waals surface area contributed by atoms with Crippen molar-refractivity contribution in [1.82, 2.24) is 20.3 Å². The minimum absolute atomic E-state index is 0.127. The number of aryl methyl sites for hydroxylation is 2. The lowest BCUT2D eigenvalue weighted by Gasteiger charge is -2.05. The second-order valence-electron chi connectivity index (χ2n) is 5.93. The Morgan fingerprint density at radius 1 is 1.25 bits per heavy atom. The highest BCUT2D eigenvalue weighted by Gasteiger charge is 2.17. The van der Waals surface area contributed by atoms with Crippen molar-refractivity contribution in [3.05, 3.63) is 46.9 Å². The third-order valence-corrected chi connectivity index (χ3v) is 5.68. The van der Waals surface area contributed by atoms with E-state index in [0.29, 0.717) is 27.8 Å². The average molecular weight is 415 g/mol. The van der Waals surface area contributed by atoms with E-state index in [4.69, 9.17) is 4.52 Å². The molecule has 0 bridgehead atoms. The van der Waals surface area contributed by atoms with Crippen molar-refractivity contribution in [1.29, 1.82) is 0 Å². The minimum Gasteiger partial charge on any atom is -0.360 e. The summed E-state index contributed by atoms with van der Waals surface area (Å²) in [5.41, 5.74) is 2.10. The van der Waals surface area contributed by atoms with Gasteiger partial charge in [0.15, 0.2) is 5.82 Å². The fourth-order valence-corrected chi connectivity index (χ4v) is 4.27. The number of benzene rings is 1. The van der Waals surface area contributed by atoms with Gasteiger partial charge in [0.2, 0.25) is 5.91 Å². The molecule has 142 valence electrons. The topological polar surface area (TPSA) is 93.8 Å². The number of fused-ring (bicyclic) bond motifs is 1. The predicted octanol–water partition coefficient (Wildman–Crippen LogP) is 4.23. The van der Waals surface area contributed by atoms with Gasteiger partial charge in [-0.2, -0.15) is 0 Å². The van der Waals surface area contributed by atoms with Crippen LogP contribution in [-0.2, 0) is 4.79 Å². The molecule has 0 saturated heterocycles. The van der Waals surface area contributed by atoms with Gasteiger partial charge in [-0.25, -0.2) is 9.37 Å². The molecule has 0 radical (unpaired) electrons. The minimum atomic E-state index is -0.311. The number of hydrogen-bond donors (Lipinski definition) is 1. The van der Waals surface area contributed by atoms with Crippen molar-refractivity contribution in [3.8, 4) is 11.3 Å². The number of carbonyl (C=O) groups is 1. The van der Waals surface area contributed by atoms with Crippen molar-refractivity contribution in [3.63, 3.8) is 0 Å². The molecule has 0 saturated carbocycles. The fourth-order valence-electron chi connectivity index (χ4n) is 2.55. The lowest BCUT2D eigenvalue weighted by atomic mass is 10.1. The first-order chi connectivity index (χ1) is 13.5. The van der Waals surface area contributed by atoms with E-state index in [0.717, 1.165) is 15.3 Å². The molecule has 0 fully saturated rings. The van der Waals surface area contributed by atoms with Crippen LogP contribution in [0.5, 0.6) is 0 Å². The van der Waals surface area contributed by atoms with Crippen LogP contribution in [0.3, 0.4) is 0 Å². The van der Waals surface area contributed by atoms with Crippen molar-refractivity contribution >= 4 is 45.0 Å². The third-order valence-electron chi connectivity index (χ3n) is 3.75. The first kappa shape index (κ1) is 18.5. The monoisotopic (exact) mass is 415 g/mol. The zero-order valence-electron chi connectivity index (χ0n) is 14.9. The molecule has 0 atom stereocenters. The van der Waals surface area contributed by atoms with Crippen LogP contribution in [0.25, 0.3) is 21.5 Å². The molecular formula is C18H14FN5O2S2. The number of hydrogen-bond acceptors (Lipinski definition) is 8. The van der Waals surface area contributed by atoms with Gasteiger partial charge in [-0.05, 0) is 38.1 Å². The fraction of sp³-hybridized carbons (Fsp3) is 0.167. The summed E-state index contributed by atoms with van der Waals surface area (Å²) in [5.74, 6) is 0.569. The van der Waals surface area contributed by atoms with Crippen molar-refractivity contribution in [2.75, 3.05) is 11.1 Å². The Kier molecular flexibility index (Phi) is 5.05. The summed E-state index contributed by atoms with van der Waals surface area (Å²) >= 11 is 2.73. The predicted molar refractivity (Wildman–Crippen MR) is 106 cm³/mol. The van der Waals surface area contributed by atoms with Crippen LogP contribution in [0.1, 0.15) is 10.8 Å². The number of nitrogens with zero attached hydrogens (tertiary/aromatic N) is 4. The van der Waals surface area contributed by atoms with Gasteiger partial charge in [-0.3, -0.25) is 4.79 Å². The van der Waals surface area contributed by atoms with E-state index in [2.05, 4.69) is 25.7 Å². The molecule has 7 nitrogen and oxygen atoms in total. The van der Waals surface area contributed by atoms with Gasteiger partial charge >= 0.3 is 0 Å². The number of nitrogens with one attached hydrogen (secondary N) is 1. The summed E-state index contributed by atoms with van der Waals surface area (Å²) in [4.78, 5) is 16.7. The number of amides is 1. The zero-order valence-corrected chi connectivity index (χ0v) is 16.5. The van der Waals surface area contributed by atoms with Crippen molar-refractivity contribution in [2.24, 2.45) is 0 Å². The number of thioether (sulfide) groups is 1. The average Bonchev–Trinajstić information content (AvgIpc) is 3.25. The molecule has 0 aliphatic heterocycles. The summed E-state index contributed by atoms with van der Waals surface area (Å²) in [6, 6.07) is 7.73. The standard InChI is InChI=1S/C18H14FN5O2S2/c1-9-7-13(24-26-9)21-14(25)8-27-18-16-17(28-10(2)20-16)15(22-23-18)11-3-5-12(19)6-4-11/h3-7H,8H2,1-2H3,(H,21,24,25). The maximum Gasteiger partial charge on any atom is 0.236 e. The van der Waals surface area contributed by atoms with E-state index in [1.807, 2.05) is 6.92 Å². The van der Waals surface area contributed by atoms with Gasteiger partial charge in [-0.15, -0.1) is 21.5 Å². The van der Waals surface area contributed by atoms with Gasteiger partial charge < -0.3 is 9.84 Å². The van der Waals surface area contributed by atoms with Crippen LogP contribution >= 0.6 is 23.1 Å². The summed E-state index contributed by atoms with van der Waals surface area (Å²) in [6.45, 7) is 3.64. The lowest BCUT2D eigenvalue weighted by Crippen LogP contribution is -2.14. The number of thiazole rings is 1. The van der Waals surface area contributed by atoms with Crippen molar-refractivity contribution < 1.29 is 13.7 Å². The SMILES string of the molecule is Cc1cc(NC(=O)CSc2nnc(-c3ccc(F)cc3)c3sc(C)nc23)no1. The van der Waals surface area contributed by atoms with Crippen LogP contribution < -0.4 is 5.32 Å². The molecule has 28 heavy (non-hydrogen) atoms. The van der Waals surface area contributed by atoms with Crippen molar-refractivity contribution in [2.45, 2.75) is 18.9 Å². The third kappa shape index (κ3) is 3.87. The summed E-state index contributed by atoms with van der Waals surface area (Å²) < 4.78 is 19.0. The molecule has 4 rings (SSSR count). The molecule has 0 aliphatic rings. The molecular weight excluding hydrogens is 401 g/mol. The van der Waals surface area contributed by atoms with Gasteiger partial charge in [-0.1, -0.05) is 16.9 Å². The number of halogens is 1. The molecule has 4 aromatic rings. The number of carbonyl (C=O) groups excluding carboxylic acids is 1. The smallest absolute Gasteiger partial charge is 0.236 e. The van der Waals surface area contributed by atoms with Gasteiger partial charge in [0.25, 0.3) is 0 Å². The number of aromatic nitrogens is 4. The Morgan fingerprint density at radius 3 is 2.75 bits per heavy atom. The number of anilines is 1. The van der Waals surface area contributed by atoms with Gasteiger partial charge in [0.05, 0.1) is 15.5 Å². The quantitative estimate of drug-likeness (QED) is 0.488. The number of rotatable bonds is 5. The van der Waals surface area contributed by atoms with Gasteiger partial charge in [0, 0.05) is 11.6 Å². The van der Waals surface area contributed by atoms with E-state index in [1.54, 1.807) is 25.1 Å². The van der Waals surface area contributed by atoms with Crippen LogP contribution in [0.15, 0.2) is 39.9 Å². The van der Waals surface area contributed by atoms with E-state index < -0.39 is 0 Å². The Balaban J connectivity index is 1.57.